The summed E-state index contributed by atoms with van der Waals surface area (Å²) in [7, 11) is 1.25. The van der Waals surface area contributed by atoms with Crippen molar-refractivity contribution in [3.63, 3.8) is 0 Å². The number of hydrogen-bond donors (Lipinski definition) is 2. The maximum absolute atomic E-state index is 13.2. The average molecular weight is 584 g/mol. The molecule has 1 atom stereocenters. The molecule has 0 aliphatic rings. The van der Waals surface area contributed by atoms with E-state index in [9.17, 15) is 27.6 Å². The van der Waals surface area contributed by atoms with Crippen LogP contribution in [0, 0.1) is 0 Å². The number of carbonyl (C=O) groups is 3. The number of halogens is 3. The SMILES string of the molecule is COC(=O)C(NC(=O)c1ccc2nc(NC(=O)c3ccccc3-c3ccc(C(F)(F)F)cc3)ccc2c1)c1ccccc1. The van der Waals surface area contributed by atoms with Crippen LogP contribution in [0.15, 0.2) is 109 Å². The van der Waals surface area contributed by atoms with Gasteiger partial charge in [0.2, 0.25) is 0 Å². The summed E-state index contributed by atoms with van der Waals surface area (Å²) in [6, 6.07) is 26.9. The molecule has 0 aliphatic heterocycles. The number of hydrogen-bond acceptors (Lipinski definition) is 5. The number of alkyl halides is 3. The second-order valence-electron chi connectivity index (χ2n) is 9.52. The Kier molecular flexibility index (Phi) is 8.20. The van der Waals surface area contributed by atoms with Crippen LogP contribution >= 0.6 is 0 Å². The molecule has 0 bridgehead atoms. The van der Waals surface area contributed by atoms with E-state index >= 15 is 0 Å². The third-order valence-corrected chi connectivity index (χ3v) is 6.73. The summed E-state index contributed by atoms with van der Waals surface area (Å²) in [6.07, 6.45) is -4.46. The van der Waals surface area contributed by atoms with E-state index in [0.717, 1.165) is 12.1 Å². The molecule has 4 aromatic carbocycles. The molecule has 1 aromatic heterocycles. The molecule has 5 rings (SSSR count). The number of fused-ring (bicyclic) bond motifs is 1. The highest BCUT2D eigenvalue weighted by Crippen LogP contribution is 2.32. The summed E-state index contributed by atoms with van der Waals surface area (Å²) in [4.78, 5) is 43.0. The smallest absolute Gasteiger partial charge is 0.416 e. The highest BCUT2D eigenvalue weighted by molar-refractivity contribution is 6.08. The van der Waals surface area contributed by atoms with Crippen molar-refractivity contribution in [2.75, 3.05) is 12.4 Å². The molecule has 2 N–H and O–H groups in total. The van der Waals surface area contributed by atoms with Gasteiger partial charge in [0.05, 0.1) is 18.2 Å². The molecule has 0 saturated carbocycles. The molecule has 216 valence electrons. The van der Waals surface area contributed by atoms with Crippen molar-refractivity contribution < 1.29 is 32.3 Å². The lowest BCUT2D eigenvalue weighted by Crippen LogP contribution is -2.34. The Morgan fingerprint density at radius 3 is 2.19 bits per heavy atom. The Bertz CT molecular complexity index is 1810. The maximum Gasteiger partial charge on any atom is 0.416 e. The Morgan fingerprint density at radius 1 is 0.791 bits per heavy atom. The van der Waals surface area contributed by atoms with Crippen molar-refractivity contribution in [3.8, 4) is 11.1 Å². The Morgan fingerprint density at radius 2 is 1.49 bits per heavy atom. The van der Waals surface area contributed by atoms with Crippen LogP contribution in [0.4, 0.5) is 19.0 Å². The highest BCUT2D eigenvalue weighted by atomic mass is 19.4. The normalized spacial score (nSPS) is 11.9. The topological polar surface area (TPSA) is 97.4 Å². The molecule has 1 heterocycles. The van der Waals surface area contributed by atoms with E-state index in [0.29, 0.717) is 33.2 Å². The number of rotatable bonds is 7. The first-order chi connectivity index (χ1) is 20.6. The average Bonchev–Trinajstić information content (AvgIpc) is 3.03. The van der Waals surface area contributed by atoms with Gasteiger partial charge in [-0.3, -0.25) is 9.59 Å². The van der Waals surface area contributed by atoms with E-state index in [-0.39, 0.29) is 11.4 Å². The van der Waals surface area contributed by atoms with Crippen LogP contribution in [0.1, 0.15) is 37.9 Å². The van der Waals surface area contributed by atoms with Crippen molar-refractivity contribution in [1.29, 1.82) is 0 Å². The van der Waals surface area contributed by atoms with E-state index in [1.54, 1.807) is 84.9 Å². The molecule has 5 aromatic rings. The second-order valence-corrected chi connectivity index (χ2v) is 9.52. The number of anilines is 1. The predicted octanol–water partition coefficient (Wildman–Crippen LogP) is 6.82. The zero-order valence-corrected chi connectivity index (χ0v) is 22.7. The largest absolute Gasteiger partial charge is 0.467 e. The minimum absolute atomic E-state index is 0.242. The van der Waals surface area contributed by atoms with E-state index in [1.165, 1.54) is 19.2 Å². The number of ether oxygens (including phenoxy) is 1. The van der Waals surface area contributed by atoms with Gasteiger partial charge >= 0.3 is 12.1 Å². The van der Waals surface area contributed by atoms with Gasteiger partial charge in [-0.25, -0.2) is 9.78 Å². The fraction of sp³-hybridized carbons (Fsp3) is 0.0909. The number of pyridine rings is 1. The zero-order valence-electron chi connectivity index (χ0n) is 22.7. The molecule has 0 spiro atoms. The summed E-state index contributed by atoms with van der Waals surface area (Å²) in [5.41, 5.74) is 1.77. The highest BCUT2D eigenvalue weighted by Gasteiger charge is 2.30. The first-order valence-electron chi connectivity index (χ1n) is 13.1. The molecule has 10 heteroatoms. The van der Waals surface area contributed by atoms with Gasteiger partial charge in [0.1, 0.15) is 5.82 Å². The van der Waals surface area contributed by atoms with Crippen molar-refractivity contribution in [2.24, 2.45) is 0 Å². The molecule has 43 heavy (non-hydrogen) atoms. The van der Waals surface area contributed by atoms with Crippen LogP contribution in [0.25, 0.3) is 22.0 Å². The van der Waals surface area contributed by atoms with Crippen molar-refractivity contribution in [3.05, 3.63) is 131 Å². The quantitative estimate of drug-likeness (QED) is 0.205. The zero-order chi connectivity index (χ0) is 30.6. The molecular formula is C33H24F3N3O4. The third-order valence-electron chi connectivity index (χ3n) is 6.73. The number of carbonyl (C=O) groups excluding carboxylic acids is 3. The molecule has 2 amide bonds. The first kappa shape index (κ1) is 29.0. The van der Waals surface area contributed by atoms with Crippen molar-refractivity contribution in [1.82, 2.24) is 10.3 Å². The van der Waals surface area contributed by atoms with E-state index in [1.807, 2.05) is 0 Å². The minimum Gasteiger partial charge on any atom is -0.467 e. The van der Waals surface area contributed by atoms with Crippen molar-refractivity contribution in [2.45, 2.75) is 12.2 Å². The Hall–Kier alpha value is -5.51. The monoisotopic (exact) mass is 583 g/mol. The first-order valence-corrected chi connectivity index (χ1v) is 13.1. The molecule has 0 fully saturated rings. The number of aromatic nitrogens is 1. The summed E-state index contributed by atoms with van der Waals surface area (Å²) in [5.74, 6) is -1.35. The molecule has 0 radical (unpaired) electrons. The van der Waals surface area contributed by atoms with Gasteiger partial charge in [0, 0.05) is 16.5 Å². The van der Waals surface area contributed by atoms with Gasteiger partial charge in [-0.15, -0.1) is 0 Å². The van der Waals surface area contributed by atoms with Gasteiger partial charge in [-0.05, 0) is 65.2 Å². The lowest BCUT2D eigenvalue weighted by Gasteiger charge is -2.17. The lowest BCUT2D eigenvalue weighted by atomic mass is 9.98. The number of nitrogens with zero attached hydrogens (tertiary/aromatic N) is 1. The van der Waals surface area contributed by atoms with Crippen LogP contribution in [0.2, 0.25) is 0 Å². The summed E-state index contributed by atoms with van der Waals surface area (Å²) in [6.45, 7) is 0. The molecule has 0 aliphatic carbocycles. The number of amides is 2. The van der Waals surface area contributed by atoms with Crippen LogP contribution < -0.4 is 10.6 Å². The maximum atomic E-state index is 13.2. The van der Waals surface area contributed by atoms with Crippen LogP contribution in [0.3, 0.4) is 0 Å². The van der Waals surface area contributed by atoms with Crippen LogP contribution in [-0.4, -0.2) is 29.9 Å². The number of methoxy groups -OCH3 is 1. The van der Waals surface area contributed by atoms with Gasteiger partial charge in [-0.2, -0.15) is 13.2 Å². The number of esters is 1. The van der Waals surface area contributed by atoms with E-state index in [2.05, 4.69) is 15.6 Å². The summed E-state index contributed by atoms with van der Waals surface area (Å²) < 4.78 is 43.8. The lowest BCUT2D eigenvalue weighted by molar-refractivity contribution is -0.143. The summed E-state index contributed by atoms with van der Waals surface area (Å²) >= 11 is 0. The molecule has 1 unspecified atom stereocenters. The molecule has 0 saturated heterocycles. The standard InChI is InChI=1S/C33H24F3N3O4/c1-43-32(42)29(21-7-3-2-4-8-21)39-30(40)23-13-17-27-22(19-23)14-18-28(37-27)38-31(41)26-10-6-5-9-25(26)20-11-15-24(16-12-20)33(34,35)36/h2-19,29H,1H3,(H,39,40)(H,37,38,41). The fourth-order valence-corrected chi connectivity index (χ4v) is 4.55. The Labute approximate surface area is 244 Å². The van der Waals surface area contributed by atoms with Crippen molar-refractivity contribution >= 4 is 34.5 Å². The van der Waals surface area contributed by atoms with E-state index < -0.39 is 35.6 Å². The second kappa shape index (κ2) is 12.2. The minimum atomic E-state index is -4.46. The van der Waals surface area contributed by atoms with Gasteiger partial charge < -0.3 is 15.4 Å². The summed E-state index contributed by atoms with van der Waals surface area (Å²) in [5, 5.41) is 6.06. The van der Waals surface area contributed by atoms with Crippen LogP contribution in [0.5, 0.6) is 0 Å². The van der Waals surface area contributed by atoms with Gasteiger partial charge in [0.25, 0.3) is 11.8 Å². The van der Waals surface area contributed by atoms with Gasteiger partial charge in [0.15, 0.2) is 6.04 Å². The van der Waals surface area contributed by atoms with Gasteiger partial charge in [-0.1, -0.05) is 60.7 Å². The van der Waals surface area contributed by atoms with E-state index in [4.69, 9.17) is 4.74 Å². The molecular weight excluding hydrogens is 559 g/mol. The number of benzene rings is 4. The predicted molar refractivity (Wildman–Crippen MR) is 155 cm³/mol. The molecule has 7 nitrogen and oxygen atoms in total. The van der Waals surface area contributed by atoms with Crippen LogP contribution in [-0.2, 0) is 15.7 Å². The fourth-order valence-electron chi connectivity index (χ4n) is 4.55. The number of nitrogens with one attached hydrogen (secondary N) is 2. The Balaban J connectivity index is 1.34. The third kappa shape index (κ3) is 6.54.